The van der Waals surface area contributed by atoms with Crippen LogP contribution in [0.1, 0.15) is 18.2 Å². The first kappa shape index (κ1) is 11.7. The van der Waals surface area contributed by atoms with E-state index in [1.165, 1.54) is 6.07 Å². The van der Waals surface area contributed by atoms with E-state index in [1.54, 1.807) is 18.2 Å². The van der Waals surface area contributed by atoms with E-state index < -0.39 is 17.6 Å². The Morgan fingerprint density at radius 1 is 1.18 bits per heavy atom. The van der Waals surface area contributed by atoms with Gasteiger partial charge in [-0.2, -0.15) is 13.2 Å². The van der Waals surface area contributed by atoms with Crippen molar-refractivity contribution in [3.8, 4) is 0 Å². The van der Waals surface area contributed by atoms with Crippen LogP contribution >= 0.6 is 0 Å². The monoisotopic (exact) mass is 240 g/mol. The highest BCUT2D eigenvalue weighted by molar-refractivity contribution is 5.90. The third-order valence-corrected chi connectivity index (χ3v) is 2.64. The number of halogens is 3. The second-order valence-electron chi connectivity index (χ2n) is 3.72. The van der Waals surface area contributed by atoms with Gasteiger partial charge in [-0.15, -0.1) is 0 Å². The number of nitrogens with two attached hydrogens (primary N) is 1. The summed E-state index contributed by atoms with van der Waals surface area (Å²) < 4.78 is 38.7. The van der Waals surface area contributed by atoms with Crippen molar-refractivity contribution in [3.05, 3.63) is 35.5 Å². The maximum atomic E-state index is 12.9. The van der Waals surface area contributed by atoms with Gasteiger partial charge in [0, 0.05) is 5.39 Å². The molecule has 5 heteroatoms. The predicted molar refractivity (Wildman–Crippen MR) is 60.5 cm³/mol. The number of rotatable bonds is 1. The topological polar surface area (TPSA) is 38.9 Å². The number of benzene rings is 1. The number of hydrogen-bond acceptors (Lipinski definition) is 2. The van der Waals surface area contributed by atoms with Crippen LogP contribution in [-0.4, -0.2) is 4.98 Å². The molecule has 0 aliphatic carbocycles. The average molecular weight is 240 g/mol. The van der Waals surface area contributed by atoms with Crippen LogP contribution in [0.25, 0.3) is 10.8 Å². The van der Waals surface area contributed by atoms with Crippen molar-refractivity contribution < 1.29 is 13.2 Å². The smallest absolute Gasteiger partial charge is 0.383 e. The van der Waals surface area contributed by atoms with E-state index >= 15 is 0 Å². The summed E-state index contributed by atoms with van der Waals surface area (Å²) in [6.45, 7) is 1.83. The van der Waals surface area contributed by atoms with Gasteiger partial charge >= 0.3 is 6.18 Å². The summed E-state index contributed by atoms with van der Waals surface area (Å²) in [6.07, 6.45) is -3.94. The summed E-state index contributed by atoms with van der Waals surface area (Å²) in [5, 5.41) is 0.626. The molecule has 2 rings (SSSR count). The number of nitrogens with zero attached hydrogens (tertiary/aromatic N) is 1. The first-order valence-corrected chi connectivity index (χ1v) is 5.19. The van der Waals surface area contributed by atoms with Crippen molar-refractivity contribution >= 4 is 16.6 Å². The molecule has 0 fully saturated rings. The van der Waals surface area contributed by atoms with Gasteiger partial charge in [0.15, 0.2) is 0 Å². The second kappa shape index (κ2) is 3.91. The Balaban J connectivity index is 2.90. The maximum Gasteiger partial charge on any atom is 0.420 e. The van der Waals surface area contributed by atoms with Gasteiger partial charge in [0.2, 0.25) is 0 Å². The van der Waals surface area contributed by atoms with Crippen molar-refractivity contribution in [3.63, 3.8) is 0 Å². The number of nitrogen functional groups attached to an aromatic ring is 1. The van der Waals surface area contributed by atoms with Crippen LogP contribution in [0, 0.1) is 0 Å². The Morgan fingerprint density at radius 2 is 1.76 bits per heavy atom. The van der Waals surface area contributed by atoms with E-state index in [0.29, 0.717) is 17.5 Å². The predicted octanol–water partition coefficient (Wildman–Crippen LogP) is 3.40. The molecule has 2 N–H and O–H groups in total. The van der Waals surface area contributed by atoms with Crippen LogP contribution in [-0.2, 0) is 12.6 Å². The van der Waals surface area contributed by atoms with Gasteiger partial charge in [-0.25, -0.2) is 4.98 Å². The van der Waals surface area contributed by atoms with E-state index in [0.717, 1.165) is 0 Å². The van der Waals surface area contributed by atoms with E-state index in [4.69, 9.17) is 5.73 Å². The van der Waals surface area contributed by atoms with Crippen LogP contribution in [0.4, 0.5) is 19.0 Å². The molecule has 17 heavy (non-hydrogen) atoms. The van der Waals surface area contributed by atoms with Crippen LogP contribution in [0.5, 0.6) is 0 Å². The van der Waals surface area contributed by atoms with E-state index in [9.17, 15) is 13.2 Å². The summed E-state index contributed by atoms with van der Waals surface area (Å²) >= 11 is 0. The minimum Gasteiger partial charge on any atom is -0.383 e. The van der Waals surface area contributed by atoms with Crippen LogP contribution in [0.15, 0.2) is 24.3 Å². The molecule has 1 heterocycles. The largest absolute Gasteiger partial charge is 0.420 e. The Kier molecular flexibility index (Phi) is 2.69. The first-order valence-electron chi connectivity index (χ1n) is 5.19. The van der Waals surface area contributed by atoms with E-state index in [-0.39, 0.29) is 5.39 Å². The van der Waals surface area contributed by atoms with Crippen molar-refractivity contribution in [2.45, 2.75) is 19.5 Å². The number of hydrogen-bond donors (Lipinski definition) is 1. The zero-order chi connectivity index (χ0) is 12.6. The lowest BCUT2D eigenvalue weighted by Crippen LogP contribution is -2.12. The lowest BCUT2D eigenvalue weighted by molar-refractivity contribution is -0.135. The highest BCUT2D eigenvalue weighted by Crippen LogP contribution is 2.38. The fraction of sp³-hybridized carbons (Fsp3) is 0.250. The SMILES string of the molecule is CCc1nc(N)c(C(F)(F)F)c2ccccc12. The highest BCUT2D eigenvalue weighted by Gasteiger charge is 2.36. The van der Waals surface area contributed by atoms with Crippen molar-refractivity contribution in [1.82, 2.24) is 4.98 Å². The van der Waals surface area contributed by atoms with Crippen molar-refractivity contribution in [2.75, 3.05) is 5.73 Å². The van der Waals surface area contributed by atoms with Crippen molar-refractivity contribution in [2.24, 2.45) is 0 Å². The molecule has 90 valence electrons. The zero-order valence-electron chi connectivity index (χ0n) is 9.17. The number of aryl methyl sites for hydroxylation is 1. The minimum atomic E-state index is -4.48. The molecule has 2 aromatic rings. The van der Waals surface area contributed by atoms with Crippen LogP contribution < -0.4 is 5.73 Å². The highest BCUT2D eigenvalue weighted by atomic mass is 19.4. The van der Waals surface area contributed by atoms with Crippen molar-refractivity contribution in [1.29, 1.82) is 0 Å². The Bertz CT molecular complexity index is 561. The lowest BCUT2D eigenvalue weighted by Gasteiger charge is -2.14. The first-order chi connectivity index (χ1) is 7.95. The Labute approximate surface area is 96.3 Å². The van der Waals surface area contributed by atoms with Gasteiger partial charge in [-0.1, -0.05) is 31.2 Å². The molecule has 2 nitrogen and oxygen atoms in total. The van der Waals surface area contributed by atoms with Crippen LogP contribution in [0.3, 0.4) is 0 Å². The quantitative estimate of drug-likeness (QED) is 0.829. The van der Waals surface area contributed by atoms with Gasteiger partial charge in [0.25, 0.3) is 0 Å². The number of fused-ring (bicyclic) bond motifs is 1. The molecular formula is C12H11F3N2. The van der Waals surface area contributed by atoms with Gasteiger partial charge in [0.05, 0.1) is 5.69 Å². The minimum absolute atomic E-state index is 0.115. The Hall–Kier alpha value is -1.78. The molecule has 0 radical (unpaired) electrons. The molecule has 0 saturated carbocycles. The fourth-order valence-corrected chi connectivity index (χ4v) is 1.92. The number of aromatic nitrogens is 1. The molecule has 0 bridgehead atoms. The fourth-order valence-electron chi connectivity index (χ4n) is 1.92. The number of alkyl halides is 3. The van der Waals surface area contributed by atoms with Gasteiger partial charge in [0.1, 0.15) is 11.4 Å². The van der Waals surface area contributed by atoms with E-state index in [2.05, 4.69) is 4.98 Å². The molecule has 0 atom stereocenters. The standard InChI is InChI=1S/C12H11F3N2/c1-2-9-7-5-3-4-6-8(7)10(11(16)17-9)12(13,14)15/h3-6H,2H2,1H3,(H2,16,17). The van der Waals surface area contributed by atoms with Crippen LogP contribution in [0.2, 0.25) is 0 Å². The van der Waals surface area contributed by atoms with Gasteiger partial charge in [-0.05, 0) is 11.8 Å². The molecule has 0 amide bonds. The lowest BCUT2D eigenvalue weighted by atomic mass is 10.0. The summed E-state index contributed by atoms with van der Waals surface area (Å²) in [5.41, 5.74) is 5.16. The zero-order valence-corrected chi connectivity index (χ0v) is 9.17. The molecule has 0 spiro atoms. The van der Waals surface area contributed by atoms with E-state index in [1.807, 2.05) is 6.92 Å². The average Bonchev–Trinajstić information content (AvgIpc) is 2.25. The third kappa shape index (κ3) is 1.92. The maximum absolute atomic E-state index is 12.9. The number of pyridine rings is 1. The second-order valence-corrected chi connectivity index (χ2v) is 3.72. The molecule has 0 aliphatic heterocycles. The molecule has 0 aliphatic rings. The summed E-state index contributed by atoms with van der Waals surface area (Å²) in [4.78, 5) is 3.84. The molecule has 1 aromatic carbocycles. The summed E-state index contributed by atoms with van der Waals surface area (Å²) in [7, 11) is 0. The van der Waals surface area contributed by atoms with Gasteiger partial charge < -0.3 is 5.73 Å². The molecule has 0 saturated heterocycles. The Morgan fingerprint density at radius 3 is 2.29 bits per heavy atom. The molecular weight excluding hydrogens is 229 g/mol. The molecule has 0 unspecified atom stereocenters. The van der Waals surface area contributed by atoms with Gasteiger partial charge in [-0.3, -0.25) is 0 Å². The summed E-state index contributed by atoms with van der Waals surface area (Å²) in [6, 6.07) is 6.32. The third-order valence-electron chi connectivity index (χ3n) is 2.64. The summed E-state index contributed by atoms with van der Waals surface area (Å²) in [5.74, 6) is -0.451. The number of anilines is 1. The molecule has 1 aromatic heterocycles. The normalized spacial score (nSPS) is 12.0.